The van der Waals surface area contributed by atoms with Crippen molar-refractivity contribution in [3.05, 3.63) is 23.7 Å². The van der Waals surface area contributed by atoms with Crippen LogP contribution in [0.15, 0.2) is 16.5 Å². The maximum Gasteiger partial charge on any atom is 0.225 e. The molecule has 2 N–H and O–H groups in total. The van der Waals surface area contributed by atoms with Crippen LogP contribution in [0.4, 0.5) is 0 Å². The molecular weight excluding hydrogens is 220 g/mol. The number of methoxy groups -OCH3 is 1. The fraction of sp³-hybridized carbons (Fsp3) is 0.583. The summed E-state index contributed by atoms with van der Waals surface area (Å²) >= 11 is 0. The van der Waals surface area contributed by atoms with Gasteiger partial charge < -0.3 is 19.8 Å². The van der Waals surface area contributed by atoms with E-state index in [1.807, 2.05) is 19.1 Å². The number of nitrogens with two attached hydrogens (primary N) is 1. The second-order valence-corrected chi connectivity index (χ2v) is 4.06. The largest absolute Gasteiger partial charge is 0.464 e. The number of rotatable bonds is 6. The molecule has 1 rings (SSSR count). The molecule has 5 nitrogen and oxygen atoms in total. The first-order chi connectivity index (χ1) is 8.06. The van der Waals surface area contributed by atoms with E-state index in [0.717, 1.165) is 11.5 Å². The van der Waals surface area contributed by atoms with Gasteiger partial charge in [-0.2, -0.15) is 0 Å². The van der Waals surface area contributed by atoms with Crippen LogP contribution in [-0.2, 0) is 16.1 Å². The van der Waals surface area contributed by atoms with E-state index in [4.69, 9.17) is 14.9 Å². The van der Waals surface area contributed by atoms with Gasteiger partial charge in [0.2, 0.25) is 5.91 Å². The van der Waals surface area contributed by atoms with E-state index >= 15 is 0 Å². The normalized spacial score (nSPS) is 12.5. The molecule has 0 saturated heterocycles. The minimum Gasteiger partial charge on any atom is -0.464 e. The van der Waals surface area contributed by atoms with Crippen LogP contribution in [0.3, 0.4) is 0 Å². The molecule has 1 atom stereocenters. The number of hydrogen-bond acceptors (Lipinski definition) is 4. The van der Waals surface area contributed by atoms with Gasteiger partial charge in [0, 0.05) is 20.7 Å². The molecule has 0 spiro atoms. The number of furan rings is 1. The Balaban J connectivity index is 2.46. The fourth-order valence-electron chi connectivity index (χ4n) is 1.51. The van der Waals surface area contributed by atoms with Crippen LogP contribution in [0, 0.1) is 6.92 Å². The predicted molar refractivity (Wildman–Crippen MR) is 64.4 cm³/mol. The summed E-state index contributed by atoms with van der Waals surface area (Å²) in [5.41, 5.74) is 5.47. The molecule has 17 heavy (non-hydrogen) atoms. The molecule has 1 heterocycles. The molecule has 5 heteroatoms. The Kier molecular flexibility index (Phi) is 5.18. The van der Waals surface area contributed by atoms with Gasteiger partial charge in [-0.25, -0.2) is 0 Å². The summed E-state index contributed by atoms with van der Waals surface area (Å²) in [4.78, 5) is 13.4. The molecule has 0 aliphatic heterocycles. The summed E-state index contributed by atoms with van der Waals surface area (Å²) in [6.45, 7) is 2.68. The third-order valence-electron chi connectivity index (χ3n) is 2.61. The SMILES string of the molecule is COC(CN)CC(=O)N(C)Cc1ccc(C)o1. The van der Waals surface area contributed by atoms with Crippen molar-refractivity contribution in [1.29, 1.82) is 0 Å². The number of ether oxygens (including phenoxy) is 1. The molecule has 0 aliphatic rings. The minimum absolute atomic E-state index is 0.00338. The molecule has 0 bridgehead atoms. The molecule has 0 fully saturated rings. The summed E-state index contributed by atoms with van der Waals surface area (Å²) in [6, 6.07) is 3.75. The second-order valence-electron chi connectivity index (χ2n) is 4.06. The third kappa shape index (κ3) is 4.20. The van der Waals surface area contributed by atoms with Crippen molar-refractivity contribution < 1.29 is 13.9 Å². The number of carbonyl (C=O) groups excluding carboxylic acids is 1. The van der Waals surface area contributed by atoms with Crippen molar-refractivity contribution in [3.8, 4) is 0 Å². The number of hydrogen-bond donors (Lipinski definition) is 1. The number of nitrogens with zero attached hydrogens (tertiary/aromatic N) is 1. The van der Waals surface area contributed by atoms with Crippen molar-refractivity contribution in [2.75, 3.05) is 20.7 Å². The smallest absolute Gasteiger partial charge is 0.225 e. The highest BCUT2D eigenvalue weighted by Crippen LogP contribution is 2.10. The maximum absolute atomic E-state index is 11.8. The Morgan fingerprint density at radius 3 is 2.76 bits per heavy atom. The van der Waals surface area contributed by atoms with Crippen LogP contribution < -0.4 is 5.73 Å². The first-order valence-electron chi connectivity index (χ1n) is 5.59. The van der Waals surface area contributed by atoms with E-state index in [0.29, 0.717) is 19.5 Å². The van der Waals surface area contributed by atoms with Gasteiger partial charge in [-0.1, -0.05) is 0 Å². The second kappa shape index (κ2) is 6.42. The lowest BCUT2D eigenvalue weighted by molar-refractivity contribution is -0.133. The van der Waals surface area contributed by atoms with Crippen molar-refractivity contribution in [2.24, 2.45) is 5.73 Å². The van der Waals surface area contributed by atoms with E-state index in [2.05, 4.69) is 0 Å². The highest BCUT2D eigenvalue weighted by Gasteiger charge is 2.16. The molecule has 0 radical (unpaired) electrons. The van der Waals surface area contributed by atoms with Crippen LogP contribution in [-0.4, -0.2) is 37.6 Å². The van der Waals surface area contributed by atoms with E-state index in [9.17, 15) is 4.79 Å². The van der Waals surface area contributed by atoms with Crippen LogP contribution in [0.1, 0.15) is 17.9 Å². The van der Waals surface area contributed by atoms with Crippen LogP contribution in [0.5, 0.6) is 0 Å². The lowest BCUT2D eigenvalue weighted by Crippen LogP contribution is -2.33. The van der Waals surface area contributed by atoms with Gasteiger partial charge in [0.05, 0.1) is 19.1 Å². The van der Waals surface area contributed by atoms with Gasteiger partial charge in [-0.15, -0.1) is 0 Å². The summed E-state index contributed by atoms with van der Waals surface area (Å²) in [7, 11) is 3.30. The van der Waals surface area contributed by atoms with E-state index in [-0.39, 0.29) is 12.0 Å². The highest BCUT2D eigenvalue weighted by atomic mass is 16.5. The molecule has 0 aromatic carbocycles. The van der Waals surface area contributed by atoms with Gasteiger partial charge in [0.15, 0.2) is 0 Å². The maximum atomic E-state index is 11.8. The Morgan fingerprint density at radius 1 is 1.59 bits per heavy atom. The third-order valence-corrected chi connectivity index (χ3v) is 2.61. The quantitative estimate of drug-likeness (QED) is 0.802. The Labute approximate surface area is 102 Å². The first-order valence-corrected chi connectivity index (χ1v) is 5.59. The first kappa shape index (κ1) is 13.7. The van der Waals surface area contributed by atoms with Gasteiger partial charge in [0.1, 0.15) is 11.5 Å². The minimum atomic E-state index is -0.219. The molecule has 0 aliphatic carbocycles. The molecular formula is C12H20N2O3. The average molecular weight is 240 g/mol. The molecule has 0 saturated carbocycles. The highest BCUT2D eigenvalue weighted by molar-refractivity contribution is 5.76. The Hall–Kier alpha value is -1.33. The number of carbonyl (C=O) groups is 1. The van der Waals surface area contributed by atoms with Crippen LogP contribution in [0.2, 0.25) is 0 Å². The van der Waals surface area contributed by atoms with E-state index in [1.165, 1.54) is 0 Å². The Morgan fingerprint density at radius 2 is 2.29 bits per heavy atom. The molecule has 1 aromatic heterocycles. The van der Waals surface area contributed by atoms with Crippen molar-refractivity contribution in [2.45, 2.75) is 26.0 Å². The van der Waals surface area contributed by atoms with E-state index in [1.54, 1.807) is 19.1 Å². The van der Waals surface area contributed by atoms with Gasteiger partial charge in [-0.05, 0) is 19.1 Å². The summed E-state index contributed by atoms with van der Waals surface area (Å²) in [6.07, 6.45) is 0.0757. The van der Waals surface area contributed by atoms with Crippen molar-refractivity contribution in [3.63, 3.8) is 0 Å². The Bertz CT molecular complexity index is 358. The monoisotopic (exact) mass is 240 g/mol. The molecule has 1 aromatic rings. The van der Waals surface area contributed by atoms with Crippen molar-refractivity contribution in [1.82, 2.24) is 4.90 Å². The fourth-order valence-corrected chi connectivity index (χ4v) is 1.51. The van der Waals surface area contributed by atoms with Gasteiger partial charge in [0.25, 0.3) is 0 Å². The average Bonchev–Trinajstić information content (AvgIpc) is 2.71. The summed E-state index contributed by atoms with van der Waals surface area (Å²) in [5.74, 6) is 1.62. The van der Waals surface area contributed by atoms with E-state index < -0.39 is 0 Å². The zero-order chi connectivity index (χ0) is 12.8. The summed E-state index contributed by atoms with van der Waals surface area (Å²) < 4.78 is 10.5. The molecule has 1 amide bonds. The zero-order valence-corrected chi connectivity index (χ0v) is 10.6. The lowest BCUT2D eigenvalue weighted by Gasteiger charge is -2.19. The number of aryl methyl sites for hydroxylation is 1. The van der Waals surface area contributed by atoms with Crippen LogP contribution in [0.25, 0.3) is 0 Å². The zero-order valence-electron chi connectivity index (χ0n) is 10.6. The van der Waals surface area contributed by atoms with Crippen LogP contribution >= 0.6 is 0 Å². The van der Waals surface area contributed by atoms with Gasteiger partial charge in [-0.3, -0.25) is 4.79 Å². The van der Waals surface area contributed by atoms with Crippen molar-refractivity contribution >= 4 is 5.91 Å². The summed E-state index contributed by atoms with van der Waals surface area (Å²) in [5, 5.41) is 0. The lowest BCUT2D eigenvalue weighted by atomic mass is 10.2. The molecule has 1 unspecified atom stereocenters. The van der Waals surface area contributed by atoms with Gasteiger partial charge >= 0.3 is 0 Å². The topological polar surface area (TPSA) is 68.7 Å². The number of amides is 1. The molecule has 96 valence electrons. The standard InChI is InChI=1S/C12H20N2O3/c1-9-4-5-10(17-9)8-14(2)12(15)6-11(7-13)16-3/h4-5,11H,6-8,13H2,1-3H3. The predicted octanol–water partition coefficient (Wildman–Crippen LogP) is 0.910.